The SMILES string of the molecule is CCCCCCCCCCCCCCCCCCCCCCCCCCCCCCCCCCCCCCC(=O)NC(COP(=O)(O)OCC[N+](C)(C)C)C(O)C(O)CCCCCCCCCCCCCC. The summed E-state index contributed by atoms with van der Waals surface area (Å²) in [6.07, 6.45) is 62.3. The highest BCUT2D eigenvalue weighted by Gasteiger charge is 2.32. The van der Waals surface area contributed by atoms with Gasteiger partial charge >= 0.3 is 7.82 Å². The molecular formula is C62H128N2O7P+. The number of carbonyl (C=O) groups excluding carboxylic acids is 1. The Morgan fingerprint density at radius 2 is 0.694 bits per heavy atom. The number of hydrogen-bond acceptors (Lipinski definition) is 6. The minimum Gasteiger partial charge on any atom is -0.390 e. The molecule has 4 unspecified atom stereocenters. The standard InChI is InChI=1S/C62H127N2O7P/c1-6-8-10-12-14-16-18-20-21-22-23-24-25-26-27-28-29-30-31-32-33-34-35-36-37-38-39-40-41-42-43-45-47-49-51-53-55-61(66)63-59(58-71-72(68,69)70-57-56-64(3,4)5)62(67)60(65)54-52-50-48-46-44-19-17-15-13-11-9-7-2/h59-60,62,65,67H,6-58H2,1-5H3,(H-,63,66,68,69)/p+1. The molecule has 0 saturated heterocycles. The van der Waals surface area contributed by atoms with E-state index in [2.05, 4.69) is 19.2 Å². The van der Waals surface area contributed by atoms with Crippen molar-refractivity contribution in [3.05, 3.63) is 0 Å². The number of aliphatic hydroxyl groups is 2. The first-order valence-electron chi connectivity index (χ1n) is 32.0. The van der Waals surface area contributed by atoms with Crippen molar-refractivity contribution in [3.63, 3.8) is 0 Å². The third-order valence-electron chi connectivity index (χ3n) is 15.2. The van der Waals surface area contributed by atoms with Gasteiger partial charge in [-0.2, -0.15) is 0 Å². The second kappa shape index (κ2) is 53.8. The number of unbranched alkanes of at least 4 members (excludes halogenated alkanes) is 46. The summed E-state index contributed by atoms with van der Waals surface area (Å²) in [7, 11) is 1.46. The van der Waals surface area contributed by atoms with Crippen LogP contribution in [0.5, 0.6) is 0 Å². The lowest BCUT2D eigenvalue weighted by molar-refractivity contribution is -0.870. The highest BCUT2D eigenvalue weighted by molar-refractivity contribution is 7.47. The van der Waals surface area contributed by atoms with Crippen LogP contribution in [0.4, 0.5) is 0 Å². The molecule has 0 bridgehead atoms. The van der Waals surface area contributed by atoms with Gasteiger partial charge in [0.15, 0.2) is 0 Å². The fourth-order valence-corrected chi connectivity index (χ4v) is 10.9. The van der Waals surface area contributed by atoms with Crippen LogP contribution in [0, 0.1) is 0 Å². The molecule has 0 aliphatic heterocycles. The van der Waals surface area contributed by atoms with Crippen LogP contribution >= 0.6 is 7.82 Å². The topological polar surface area (TPSA) is 125 Å². The Bertz CT molecular complexity index is 1150. The fourth-order valence-electron chi connectivity index (χ4n) is 10.1. The van der Waals surface area contributed by atoms with Crippen molar-refractivity contribution in [2.45, 2.75) is 353 Å². The number of nitrogens with zero attached hydrogens (tertiary/aromatic N) is 1. The Labute approximate surface area is 449 Å². The Hall–Kier alpha value is -0.540. The van der Waals surface area contributed by atoms with Crippen LogP contribution in [0.2, 0.25) is 0 Å². The molecule has 0 saturated carbocycles. The van der Waals surface area contributed by atoms with Crippen LogP contribution in [0.1, 0.15) is 335 Å². The number of hydrogen-bond donors (Lipinski definition) is 4. The normalized spacial score (nSPS) is 14.2. The fraction of sp³-hybridized carbons (Fsp3) is 0.984. The van der Waals surface area contributed by atoms with Crippen LogP contribution < -0.4 is 5.32 Å². The van der Waals surface area contributed by atoms with Gasteiger partial charge in [0.2, 0.25) is 5.91 Å². The predicted octanol–water partition coefficient (Wildman–Crippen LogP) is 18.6. The van der Waals surface area contributed by atoms with Gasteiger partial charge < -0.3 is 24.9 Å². The zero-order valence-electron chi connectivity index (χ0n) is 49.1. The summed E-state index contributed by atoms with van der Waals surface area (Å²) in [6, 6.07) is -1.03. The molecule has 0 fully saturated rings. The quantitative estimate of drug-likeness (QED) is 0.0272. The van der Waals surface area contributed by atoms with Gasteiger partial charge in [0, 0.05) is 6.42 Å². The van der Waals surface area contributed by atoms with Crippen molar-refractivity contribution in [2.24, 2.45) is 0 Å². The van der Waals surface area contributed by atoms with Crippen LogP contribution in [-0.4, -0.2) is 84.6 Å². The van der Waals surface area contributed by atoms with Crippen molar-refractivity contribution in [2.75, 3.05) is 40.9 Å². The Kier molecular flexibility index (Phi) is 53.4. The summed E-state index contributed by atoms with van der Waals surface area (Å²) in [5, 5.41) is 24.8. The first kappa shape index (κ1) is 71.5. The van der Waals surface area contributed by atoms with Crippen LogP contribution in [0.25, 0.3) is 0 Å². The molecule has 0 spiro atoms. The van der Waals surface area contributed by atoms with Gasteiger partial charge in [0.05, 0.1) is 39.9 Å². The van der Waals surface area contributed by atoms with Gasteiger partial charge in [-0.1, -0.05) is 316 Å². The molecule has 9 nitrogen and oxygen atoms in total. The number of phosphoric ester groups is 1. The predicted molar refractivity (Wildman–Crippen MR) is 311 cm³/mol. The number of amides is 1. The summed E-state index contributed by atoms with van der Waals surface area (Å²) >= 11 is 0. The largest absolute Gasteiger partial charge is 0.472 e. The van der Waals surface area contributed by atoms with E-state index >= 15 is 0 Å². The van der Waals surface area contributed by atoms with Crippen molar-refractivity contribution >= 4 is 13.7 Å². The van der Waals surface area contributed by atoms with Gasteiger partial charge in [-0.05, 0) is 12.8 Å². The lowest BCUT2D eigenvalue weighted by Crippen LogP contribution is -2.51. The van der Waals surface area contributed by atoms with E-state index in [4.69, 9.17) is 9.05 Å². The Morgan fingerprint density at radius 1 is 0.431 bits per heavy atom. The van der Waals surface area contributed by atoms with Gasteiger partial charge in [0.25, 0.3) is 0 Å². The van der Waals surface area contributed by atoms with Crippen molar-refractivity contribution in [1.82, 2.24) is 5.32 Å². The van der Waals surface area contributed by atoms with Crippen molar-refractivity contribution < 1.29 is 38.0 Å². The molecule has 0 aromatic heterocycles. The van der Waals surface area contributed by atoms with Crippen molar-refractivity contribution in [1.29, 1.82) is 0 Å². The van der Waals surface area contributed by atoms with Gasteiger partial charge in [0.1, 0.15) is 19.3 Å². The van der Waals surface area contributed by atoms with Gasteiger partial charge in [-0.15, -0.1) is 0 Å². The molecule has 0 heterocycles. The maximum atomic E-state index is 13.0. The average molecular weight is 1040 g/mol. The molecule has 72 heavy (non-hydrogen) atoms. The maximum Gasteiger partial charge on any atom is 0.472 e. The first-order chi connectivity index (χ1) is 34.9. The number of phosphoric acid groups is 1. The van der Waals surface area contributed by atoms with E-state index in [0.29, 0.717) is 23.9 Å². The molecule has 0 radical (unpaired) electrons. The highest BCUT2D eigenvalue weighted by atomic mass is 31.2. The van der Waals surface area contributed by atoms with E-state index in [-0.39, 0.29) is 12.5 Å². The molecule has 10 heteroatoms. The van der Waals surface area contributed by atoms with Gasteiger partial charge in [-0.3, -0.25) is 13.8 Å². The molecule has 0 aliphatic carbocycles. The van der Waals surface area contributed by atoms with Crippen LogP contribution in [-0.2, 0) is 18.4 Å². The molecule has 4 N–H and O–H groups in total. The zero-order chi connectivity index (χ0) is 52.9. The molecule has 432 valence electrons. The number of carbonyl (C=O) groups is 1. The van der Waals surface area contributed by atoms with E-state index in [9.17, 15) is 24.5 Å². The first-order valence-corrected chi connectivity index (χ1v) is 33.5. The molecule has 1 amide bonds. The second-order valence-corrected chi connectivity index (χ2v) is 25.1. The van der Waals surface area contributed by atoms with Crippen LogP contribution in [0.15, 0.2) is 0 Å². The maximum absolute atomic E-state index is 13.0. The lowest BCUT2D eigenvalue weighted by Gasteiger charge is -2.28. The van der Waals surface area contributed by atoms with Crippen molar-refractivity contribution in [3.8, 4) is 0 Å². The van der Waals surface area contributed by atoms with E-state index < -0.39 is 32.7 Å². The summed E-state index contributed by atoms with van der Waals surface area (Å²) in [5.41, 5.74) is 0. The summed E-state index contributed by atoms with van der Waals surface area (Å²) in [5.74, 6) is -0.250. The van der Waals surface area contributed by atoms with Crippen LogP contribution in [0.3, 0.4) is 0 Å². The summed E-state index contributed by atoms with van der Waals surface area (Å²) in [6.45, 7) is 4.65. The molecular weight excluding hydrogens is 916 g/mol. The molecule has 0 aliphatic rings. The number of rotatable bonds is 60. The lowest BCUT2D eigenvalue weighted by atomic mass is 9.99. The number of likely N-dealkylation sites (N-methyl/N-ethyl adjacent to an activating group) is 1. The Morgan fingerprint density at radius 3 is 0.972 bits per heavy atom. The van der Waals surface area contributed by atoms with Gasteiger partial charge in [-0.25, -0.2) is 4.57 Å². The number of quaternary nitrogens is 1. The highest BCUT2D eigenvalue weighted by Crippen LogP contribution is 2.43. The smallest absolute Gasteiger partial charge is 0.390 e. The number of nitrogens with one attached hydrogen (secondary N) is 1. The van der Waals surface area contributed by atoms with E-state index in [0.717, 1.165) is 38.5 Å². The summed E-state index contributed by atoms with van der Waals surface area (Å²) in [4.78, 5) is 23.3. The third-order valence-corrected chi connectivity index (χ3v) is 16.2. The zero-order valence-corrected chi connectivity index (χ0v) is 50.0. The molecule has 0 aromatic rings. The summed E-state index contributed by atoms with van der Waals surface area (Å²) < 4.78 is 23.6. The van der Waals surface area contributed by atoms with E-state index in [1.165, 1.54) is 270 Å². The molecule has 0 aromatic carbocycles. The average Bonchev–Trinajstić information content (AvgIpc) is 3.34. The molecule has 4 atom stereocenters. The Balaban J connectivity index is 3.92. The number of aliphatic hydroxyl groups excluding tert-OH is 2. The minimum atomic E-state index is -4.42. The minimum absolute atomic E-state index is 0.0260. The monoisotopic (exact) mass is 1040 g/mol. The second-order valence-electron chi connectivity index (χ2n) is 23.6. The van der Waals surface area contributed by atoms with E-state index in [1.54, 1.807) is 0 Å². The third kappa shape index (κ3) is 54.3. The van der Waals surface area contributed by atoms with E-state index in [1.807, 2.05) is 21.1 Å². The molecule has 0 rings (SSSR count).